The number of aromatic nitrogens is 2. The van der Waals surface area contributed by atoms with Crippen LogP contribution in [0, 0.1) is 12.8 Å². The molecule has 2 heterocycles. The molecule has 4 rings (SSSR count). The van der Waals surface area contributed by atoms with Crippen LogP contribution in [-0.4, -0.2) is 33.4 Å². The monoisotopic (exact) mass is 359 g/mol. The van der Waals surface area contributed by atoms with Gasteiger partial charge in [-0.05, 0) is 37.3 Å². The van der Waals surface area contributed by atoms with Gasteiger partial charge in [0.1, 0.15) is 5.82 Å². The molecule has 27 heavy (non-hydrogen) atoms. The normalized spacial score (nSPS) is 15.1. The first-order valence-electron chi connectivity index (χ1n) is 9.64. The largest absolute Gasteiger partial charge is 0.339 e. The minimum absolute atomic E-state index is 0.166. The van der Waals surface area contributed by atoms with Crippen LogP contribution in [0.3, 0.4) is 0 Å². The zero-order chi connectivity index (χ0) is 18.6. The van der Waals surface area contributed by atoms with Crippen molar-refractivity contribution in [2.75, 3.05) is 13.1 Å². The molecule has 1 aliphatic rings. The van der Waals surface area contributed by atoms with Gasteiger partial charge in [-0.3, -0.25) is 4.79 Å². The highest BCUT2D eigenvalue weighted by Gasteiger charge is 2.25. The van der Waals surface area contributed by atoms with Crippen LogP contribution < -0.4 is 0 Å². The molecule has 1 amide bonds. The van der Waals surface area contributed by atoms with E-state index in [0.29, 0.717) is 5.92 Å². The maximum Gasteiger partial charge on any atom is 0.254 e. The van der Waals surface area contributed by atoms with E-state index in [2.05, 4.69) is 27.9 Å². The number of piperidine rings is 1. The van der Waals surface area contributed by atoms with Crippen LogP contribution in [0.5, 0.6) is 0 Å². The Morgan fingerprint density at radius 3 is 2.48 bits per heavy atom. The maximum atomic E-state index is 12.8. The summed E-state index contributed by atoms with van der Waals surface area (Å²) in [5.74, 6) is 1.76. The second-order valence-corrected chi connectivity index (χ2v) is 7.32. The summed E-state index contributed by atoms with van der Waals surface area (Å²) in [4.78, 5) is 19.3. The van der Waals surface area contributed by atoms with Crippen molar-refractivity contribution in [2.24, 2.45) is 5.92 Å². The Kier molecular flexibility index (Phi) is 5.05. The molecule has 0 unspecified atom stereocenters. The van der Waals surface area contributed by atoms with Crippen LogP contribution in [0.2, 0.25) is 0 Å². The number of likely N-dealkylation sites (tertiary alicyclic amines) is 1. The average Bonchev–Trinajstić information content (AvgIpc) is 3.17. The summed E-state index contributed by atoms with van der Waals surface area (Å²) in [6, 6.07) is 18.2. The van der Waals surface area contributed by atoms with Crippen LogP contribution >= 0.6 is 0 Å². The van der Waals surface area contributed by atoms with E-state index in [1.54, 1.807) is 0 Å². The first-order chi connectivity index (χ1) is 13.2. The molecule has 4 heteroatoms. The third kappa shape index (κ3) is 3.80. The molecule has 1 fully saturated rings. The minimum atomic E-state index is 0.166. The van der Waals surface area contributed by atoms with Gasteiger partial charge in [0.2, 0.25) is 0 Å². The average molecular weight is 359 g/mol. The molecule has 3 aromatic rings. The lowest BCUT2D eigenvalue weighted by atomic mass is 9.95. The molecular formula is C23H25N3O. The van der Waals surface area contributed by atoms with Gasteiger partial charge in [0.05, 0.1) is 0 Å². The summed E-state index contributed by atoms with van der Waals surface area (Å²) in [5, 5.41) is 0. The fraction of sp³-hybridized carbons (Fsp3) is 0.304. The zero-order valence-corrected chi connectivity index (χ0v) is 15.7. The first kappa shape index (κ1) is 17.5. The summed E-state index contributed by atoms with van der Waals surface area (Å²) in [6.45, 7) is 4.61. The number of nitrogens with zero attached hydrogens (tertiary/aromatic N) is 3. The van der Waals surface area contributed by atoms with E-state index in [0.717, 1.165) is 55.0 Å². The highest BCUT2D eigenvalue weighted by molar-refractivity contribution is 5.95. The predicted octanol–water partition coefficient (Wildman–Crippen LogP) is 4.41. The highest BCUT2D eigenvalue weighted by atomic mass is 16.2. The van der Waals surface area contributed by atoms with Gasteiger partial charge in [0.15, 0.2) is 0 Å². The van der Waals surface area contributed by atoms with Gasteiger partial charge in [0.25, 0.3) is 5.91 Å². The molecule has 0 spiro atoms. The number of rotatable bonds is 4. The van der Waals surface area contributed by atoms with Gasteiger partial charge in [-0.25, -0.2) is 4.98 Å². The number of imidazole rings is 1. The summed E-state index contributed by atoms with van der Waals surface area (Å²) in [6.07, 6.45) is 6.00. The Balaban J connectivity index is 1.39. The van der Waals surface area contributed by atoms with Gasteiger partial charge < -0.3 is 9.47 Å². The third-order valence-electron chi connectivity index (χ3n) is 5.48. The maximum absolute atomic E-state index is 12.8. The standard InChI is InChI=1S/C23H25N3O/c1-18-7-5-6-10-21(18)23(27)25-14-11-19(12-15-25)17-26-16-13-24-22(26)20-8-3-2-4-9-20/h2-10,13,16,19H,11-12,14-15,17H2,1H3. The molecule has 138 valence electrons. The lowest BCUT2D eigenvalue weighted by Gasteiger charge is -2.32. The van der Waals surface area contributed by atoms with E-state index >= 15 is 0 Å². The molecule has 0 aliphatic carbocycles. The van der Waals surface area contributed by atoms with E-state index < -0.39 is 0 Å². The zero-order valence-electron chi connectivity index (χ0n) is 15.7. The molecule has 4 nitrogen and oxygen atoms in total. The number of carbonyl (C=O) groups excluding carboxylic acids is 1. The Bertz CT molecular complexity index is 908. The Morgan fingerprint density at radius 2 is 1.74 bits per heavy atom. The van der Waals surface area contributed by atoms with Crippen LogP contribution in [0.1, 0.15) is 28.8 Å². The van der Waals surface area contributed by atoms with Crippen LogP contribution in [0.4, 0.5) is 0 Å². The Morgan fingerprint density at radius 1 is 1.04 bits per heavy atom. The number of amides is 1. The van der Waals surface area contributed by atoms with Crippen molar-refractivity contribution < 1.29 is 4.79 Å². The third-order valence-corrected chi connectivity index (χ3v) is 5.48. The van der Waals surface area contributed by atoms with Crippen molar-refractivity contribution in [1.29, 1.82) is 0 Å². The summed E-state index contributed by atoms with van der Waals surface area (Å²) in [5.41, 5.74) is 3.03. The molecule has 1 saturated heterocycles. The highest BCUT2D eigenvalue weighted by Crippen LogP contribution is 2.24. The smallest absolute Gasteiger partial charge is 0.254 e. The first-order valence-corrected chi connectivity index (χ1v) is 9.64. The van der Waals surface area contributed by atoms with Crippen LogP contribution in [0.25, 0.3) is 11.4 Å². The van der Waals surface area contributed by atoms with Gasteiger partial charge >= 0.3 is 0 Å². The molecule has 1 aliphatic heterocycles. The number of benzene rings is 2. The van der Waals surface area contributed by atoms with Gasteiger partial charge in [0, 0.05) is 43.2 Å². The number of hydrogen-bond acceptors (Lipinski definition) is 2. The van der Waals surface area contributed by atoms with Crippen molar-refractivity contribution in [3.8, 4) is 11.4 Å². The van der Waals surface area contributed by atoms with Crippen molar-refractivity contribution in [3.05, 3.63) is 78.1 Å². The quantitative estimate of drug-likeness (QED) is 0.692. The minimum Gasteiger partial charge on any atom is -0.339 e. The fourth-order valence-electron chi connectivity index (χ4n) is 3.88. The number of hydrogen-bond donors (Lipinski definition) is 0. The molecule has 0 saturated carbocycles. The van der Waals surface area contributed by atoms with Crippen molar-refractivity contribution in [2.45, 2.75) is 26.3 Å². The van der Waals surface area contributed by atoms with Crippen LogP contribution in [0.15, 0.2) is 67.0 Å². The summed E-state index contributed by atoms with van der Waals surface area (Å²) >= 11 is 0. The van der Waals surface area contributed by atoms with E-state index in [1.165, 1.54) is 0 Å². The predicted molar refractivity (Wildman–Crippen MR) is 107 cm³/mol. The topological polar surface area (TPSA) is 38.1 Å². The molecule has 1 aromatic heterocycles. The van der Waals surface area contributed by atoms with Crippen LogP contribution in [-0.2, 0) is 6.54 Å². The molecule has 2 aromatic carbocycles. The van der Waals surface area contributed by atoms with E-state index in [-0.39, 0.29) is 5.91 Å². The number of aryl methyl sites for hydroxylation is 1. The Hall–Kier alpha value is -2.88. The van der Waals surface area contributed by atoms with Crippen molar-refractivity contribution in [3.63, 3.8) is 0 Å². The van der Waals surface area contributed by atoms with E-state index in [1.807, 2.05) is 60.5 Å². The second-order valence-electron chi connectivity index (χ2n) is 7.32. The Labute approximate surface area is 160 Å². The molecule has 0 atom stereocenters. The number of carbonyl (C=O) groups is 1. The molecule has 0 radical (unpaired) electrons. The second kappa shape index (κ2) is 7.78. The van der Waals surface area contributed by atoms with Gasteiger partial charge in [-0.15, -0.1) is 0 Å². The molecular weight excluding hydrogens is 334 g/mol. The van der Waals surface area contributed by atoms with Gasteiger partial charge in [-0.2, -0.15) is 0 Å². The van der Waals surface area contributed by atoms with E-state index in [9.17, 15) is 4.79 Å². The SMILES string of the molecule is Cc1ccccc1C(=O)N1CCC(Cn2ccnc2-c2ccccc2)CC1. The van der Waals surface area contributed by atoms with Crippen molar-refractivity contribution >= 4 is 5.91 Å². The molecule has 0 bridgehead atoms. The fourth-order valence-corrected chi connectivity index (χ4v) is 3.88. The van der Waals surface area contributed by atoms with Gasteiger partial charge in [-0.1, -0.05) is 48.5 Å². The van der Waals surface area contributed by atoms with E-state index in [4.69, 9.17) is 0 Å². The lowest BCUT2D eigenvalue weighted by molar-refractivity contribution is 0.0682. The lowest BCUT2D eigenvalue weighted by Crippen LogP contribution is -2.39. The molecule has 0 N–H and O–H groups in total. The summed E-state index contributed by atoms with van der Waals surface area (Å²) in [7, 11) is 0. The summed E-state index contributed by atoms with van der Waals surface area (Å²) < 4.78 is 2.25. The van der Waals surface area contributed by atoms with Crippen molar-refractivity contribution in [1.82, 2.24) is 14.5 Å².